The number of fused-ring (bicyclic) bond motifs is 1. The molecular weight excluding hydrogens is 224 g/mol. The van der Waals surface area contributed by atoms with Gasteiger partial charge in [-0.05, 0) is 25.2 Å². The zero-order valence-corrected chi connectivity index (χ0v) is 10.5. The summed E-state index contributed by atoms with van der Waals surface area (Å²) in [4.78, 5) is 15.5. The number of halogens is 1. The van der Waals surface area contributed by atoms with Gasteiger partial charge in [0, 0.05) is 6.42 Å². The average molecular weight is 241 g/mol. The summed E-state index contributed by atoms with van der Waals surface area (Å²) in [5.74, 6) is 1.49. The lowest BCUT2D eigenvalue weighted by atomic mass is 10.0. The van der Waals surface area contributed by atoms with E-state index in [1.165, 1.54) is 0 Å². The normalized spacial score (nSPS) is 19.9. The molecule has 4 heteroatoms. The number of carbonyl (C=O) groups excluding carboxylic acids is 1. The average Bonchev–Trinajstić information content (AvgIpc) is 2.55. The van der Waals surface area contributed by atoms with Crippen molar-refractivity contribution >= 4 is 17.9 Å². The van der Waals surface area contributed by atoms with Crippen LogP contribution in [-0.4, -0.2) is 15.8 Å². The van der Waals surface area contributed by atoms with Crippen LogP contribution >= 0.6 is 11.6 Å². The third kappa shape index (κ3) is 2.01. The second-order valence-corrected chi connectivity index (χ2v) is 5.19. The first kappa shape index (κ1) is 11.6. The van der Waals surface area contributed by atoms with Crippen LogP contribution in [0.4, 0.5) is 0 Å². The molecule has 1 aromatic heterocycles. The number of rotatable bonds is 3. The number of hydrogen-bond acceptors (Lipinski definition) is 2. The number of carbonyl (C=O) groups is 1. The summed E-state index contributed by atoms with van der Waals surface area (Å²) in [6.45, 7) is 4.29. The molecule has 0 fully saturated rings. The van der Waals surface area contributed by atoms with Crippen LogP contribution in [-0.2, 0) is 17.6 Å². The van der Waals surface area contributed by atoms with Crippen molar-refractivity contribution < 1.29 is 4.79 Å². The number of hydrogen-bond donors (Lipinski definition) is 0. The SMILES string of the molecule is CC(C)Cc1nc(Cl)c2n1C(C=O)CCC2. The molecule has 1 aliphatic rings. The molecule has 1 unspecified atom stereocenters. The maximum absolute atomic E-state index is 11.1. The summed E-state index contributed by atoms with van der Waals surface area (Å²) in [6.07, 6.45) is 4.77. The van der Waals surface area contributed by atoms with Gasteiger partial charge in [-0.1, -0.05) is 25.4 Å². The molecule has 16 heavy (non-hydrogen) atoms. The summed E-state index contributed by atoms with van der Waals surface area (Å²) in [5.41, 5.74) is 1.04. The predicted molar refractivity (Wildman–Crippen MR) is 63.8 cm³/mol. The van der Waals surface area contributed by atoms with Gasteiger partial charge >= 0.3 is 0 Å². The molecule has 0 radical (unpaired) electrons. The molecule has 1 aliphatic heterocycles. The Morgan fingerprint density at radius 2 is 2.38 bits per heavy atom. The largest absolute Gasteiger partial charge is 0.320 e. The number of nitrogens with zero attached hydrogens (tertiary/aromatic N) is 2. The Morgan fingerprint density at radius 3 is 3.00 bits per heavy atom. The van der Waals surface area contributed by atoms with E-state index in [4.69, 9.17) is 11.6 Å². The minimum absolute atomic E-state index is 0.0579. The highest BCUT2D eigenvalue weighted by molar-refractivity contribution is 6.30. The van der Waals surface area contributed by atoms with Gasteiger partial charge in [-0.15, -0.1) is 0 Å². The Labute approximate surface area is 101 Å². The van der Waals surface area contributed by atoms with Crippen LogP contribution in [0.25, 0.3) is 0 Å². The Balaban J connectivity index is 2.43. The van der Waals surface area contributed by atoms with E-state index in [1.54, 1.807) is 0 Å². The van der Waals surface area contributed by atoms with E-state index in [1.807, 2.05) is 0 Å². The fraction of sp³-hybridized carbons (Fsp3) is 0.667. The van der Waals surface area contributed by atoms with Crippen molar-refractivity contribution in [2.75, 3.05) is 0 Å². The van der Waals surface area contributed by atoms with Gasteiger partial charge < -0.3 is 9.36 Å². The fourth-order valence-electron chi connectivity index (χ4n) is 2.35. The van der Waals surface area contributed by atoms with Crippen molar-refractivity contribution in [1.29, 1.82) is 0 Å². The van der Waals surface area contributed by atoms with Gasteiger partial charge in [0.2, 0.25) is 0 Å². The maximum atomic E-state index is 11.1. The van der Waals surface area contributed by atoms with Crippen molar-refractivity contribution in [3.8, 4) is 0 Å². The van der Waals surface area contributed by atoms with Gasteiger partial charge in [0.25, 0.3) is 0 Å². The topological polar surface area (TPSA) is 34.9 Å². The van der Waals surface area contributed by atoms with E-state index in [9.17, 15) is 4.79 Å². The lowest BCUT2D eigenvalue weighted by Crippen LogP contribution is -2.21. The highest BCUT2D eigenvalue weighted by Gasteiger charge is 2.25. The molecular formula is C12H17ClN2O. The molecule has 0 aromatic carbocycles. The van der Waals surface area contributed by atoms with Crippen LogP contribution in [0.3, 0.4) is 0 Å². The van der Waals surface area contributed by atoms with E-state index >= 15 is 0 Å². The monoisotopic (exact) mass is 240 g/mol. The zero-order chi connectivity index (χ0) is 11.7. The molecule has 0 amide bonds. The first-order chi connectivity index (χ1) is 7.63. The fourth-order valence-corrected chi connectivity index (χ4v) is 2.63. The lowest BCUT2D eigenvalue weighted by molar-refractivity contribution is -0.111. The van der Waals surface area contributed by atoms with Gasteiger partial charge in [-0.3, -0.25) is 0 Å². The molecule has 2 rings (SSSR count). The van der Waals surface area contributed by atoms with Crippen LogP contribution in [0, 0.1) is 5.92 Å². The van der Waals surface area contributed by atoms with Crippen molar-refractivity contribution in [3.05, 3.63) is 16.7 Å². The number of aromatic nitrogens is 2. The molecule has 88 valence electrons. The van der Waals surface area contributed by atoms with Crippen molar-refractivity contribution in [3.63, 3.8) is 0 Å². The summed E-state index contributed by atoms with van der Waals surface area (Å²) in [5, 5.41) is 0.585. The van der Waals surface area contributed by atoms with Gasteiger partial charge in [-0.2, -0.15) is 0 Å². The summed E-state index contributed by atoms with van der Waals surface area (Å²) in [7, 11) is 0. The zero-order valence-electron chi connectivity index (χ0n) is 9.74. The Morgan fingerprint density at radius 1 is 1.62 bits per heavy atom. The molecule has 3 nitrogen and oxygen atoms in total. The van der Waals surface area contributed by atoms with Crippen LogP contribution < -0.4 is 0 Å². The molecule has 0 saturated carbocycles. The Bertz CT molecular complexity index is 398. The highest BCUT2D eigenvalue weighted by Crippen LogP contribution is 2.31. The van der Waals surface area contributed by atoms with Gasteiger partial charge in [0.1, 0.15) is 12.1 Å². The minimum atomic E-state index is -0.0579. The lowest BCUT2D eigenvalue weighted by Gasteiger charge is -2.23. The highest BCUT2D eigenvalue weighted by atomic mass is 35.5. The van der Waals surface area contributed by atoms with Crippen LogP contribution in [0.15, 0.2) is 0 Å². The standard InChI is InChI=1S/C12H17ClN2O/c1-8(2)6-11-14-12(13)10-5-3-4-9(7-16)15(10)11/h7-9H,3-6H2,1-2H3. The van der Waals surface area contributed by atoms with E-state index in [2.05, 4.69) is 23.4 Å². The smallest absolute Gasteiger partial charge is 0.150 e. The molecule has 0 saturated heterocycles. The molecule has 1 aromatic rings. The molecule has 2 heterocycles. The molecule has 1 atom stereocenters. The second kappa shape index (κ2) is 4.58. The first-order valence-electron chi connectivity index (χ1n) is 5.84. The van der Waals surface area contributed by atoms with E-state index < -0.39 is 0 Å². The molecule has 0 aliphatic carbocycles. The Hall–Kier alpha value is -0.830. The number of imidazole rings is 1. The summed E-state index contributed by atoms with van der Waals surface area (Å²) < 4.78 is 2.05. The van der Waals surface area contributed by atoms with Crippen molar-refractivity contribution in [1.82, 2.24) is 9.55 Å². The second-order valence-electron chi connectivity index (χ2n) is 4.83. The molecule has 0 bridgehead atoms. The molecule has 0 N–H and O–H groups in total. The van der Waals surface area contributed by atoms with Crippen LogP contribution in [0.1, 0.15) is 44.2 Å². The van der Waals surface area contributed by atoms with Crippen molar-refractivity contribution in [2.24, 2.45) is 5.92 Å². The van der Waals surface area contributed by atoms with E-state index in [0.717, 1.165) is 43.5 Å². The predicted octanol–water partition coefficient (Wildman–Crippen LogP) is 2.81. The summed E-state index contributed by atoms with van der Waals surface area (Å²) >= 11 is 6.12. The third-order valence-corrected chi connectivity index (χ3v) is 3.33. The van der Waals surface area contributed by atoms with Crippen LogP contribution in [0.5, 0.6) is 0 Å². The van der Waals surface area contributed by atoms with Gasteiger partial charge in [0.05, 0.1) is 11.7 Å². The third-order valence-electron chi connectivity index (χ3n) is 3.03. The first-order valence-corrected chi connectivity index (χ1v) is 6.22. The minimum Gasteiger partial charge on any atom is -0.320 e. The summed E-state index contributed by atoms with van der Waals surface area (Å²) in [6, 6.07) is -0.0579. The van der Waals surface area contributed by atoms with E-state index in [-0.39, 0.29) is 6.04 Å². The van der Waals surface area contributed by atoms with Gasteiger partial charge in [0.15, 0.2) is 5.15 Å². The van der Waals surface area contributed by atoms with E-state index in [0.29, 0.717) is 11.1 Å². The quantitative estimate of drug-likeness (QED) is 0.762. The molecule has 0 spiro atoms. The van der Waals surface area contributed by atoms with Crippen molar-refractivity contribution in [2.45, 2.75) is 45.6 Å². The Kier molecular flexibility index (Phi) is 3.33. The van der Waals surface area contributed by atoms with Gasteiger partial charge in [-0.25, -0.2) is 4.98 Å². The number of aldehydes is 1. The van der Waals surface area contributed by atoms with Crippen LogP contribution in [0.2, 0.25) is 5.15 Å². The maximum Gasteiger partial charge on any atom is 0.150 e.